The van der Waals surface area contributed by atoms with Gasteiger partial charge >= 0.3 is 6.02 Å². The van der Waals surface area contributed by atoms with Crippen molar-refractivity contribution in [1.29, 1.82) is 0 Å². The van der Waals surface area contributed by atoms with Crippen molar-refractivity contribution in [1.82, 2.24) is 4.90 Å². The SMILES string of the molecule is [C-]#[N+]c1ccccc1N=C1OC(=Cc2cc3c4c(c2)CCCN4CCC3)C(=O)N1CCCCc1ccc(OCC)cc1. The number of aliphatic imine (C=N–C) groups is 1. The summed E-state index contributed by atoms with van der Waals surface area (Å²) in [5.74, 6) is 0.959. The zero-order valence-corrected chi connectivity index (χ0v) is 24.1. The molecule has 3 aliphatic rings. The van der Waals surface area contributed by atoms with Crippen LogP contribution in [0.15, 0.2) is 71.4 Å². The molecule has 0 radical (unpaired) electrons. The maximum Gasteiger partial charge on any atom is 0.304 e. The van der Waals surface area contributed by atoms with Gasteiger partial charge in [0.2, 0.25) is 5.69 Å². The molecule has 1 amide bonds. The van der Waals surface area contributed by atoms with Crippen molar-refractivity contribution >= 4 is 35.1 Å². The van der Waals surface area contributed by atoms with E-state index in [-0.39, 0.29) is 17.7 Å². The average molecular weight is 561 g/mol. The highest BCUT2D eigenvalue weighted by Crippen LogP contribution is 2.37. The zero-order chi connectivity index (χ0) is 28.9. The molecular formula is C35H36N4O3. The highest BCUT2D eigenvalue weighted by atomic mass is 16.5. The predicted molar refractivity (Wildman–Crippen MR) is 166 cm³/mol. The minimum absolute atomic E-state index is 0.192. The number of amidine groups is 1. The van der Waals surface area contributed by atoms with Crippen molar-refractivity contribution in [2.75, 3.05) is 31.1 Å². The first-order chi connectivity index (χ1) is 20.6. The second-order valence-electron chi connectivity index (χ2n) is 11.0. The minimum Gasteiger partial charge on any atom is -0.494 e. The lowest BCUT2D eigenvalue weighted by molar-refractivity contribution is -0.122. The molecule has 0 spiro atoms. The molecule has 0 N–H and O–H groups in total. The number of ether oxygens (including phenoxy) is 2. The molecule has 0 aromatic heterocycles. The molecule has 214 valence electrons. The van der Waals surface area contributed by atoms with Crippen LogP contribution in [0.5, 0.6) is 5.75 Å². The van der Waals surface area contributed by atoms with Gasteiger partial charge in [-0.25, -0.2) is 9.84 Å². The van der Waals surface area contributed by atoms with E-state index in [9.17, 15) is 4.79 Å². The quantitative estimate of drug-likeness (QED) is 0.157. The number of hydrogen-bond acceptors (Lipinski definition) is 5. The normalized spacial score (nSPS) is 17.8. The van der Waals surface area contributed by atoms with Crippen molar-refractivity contribution in [2.24, 2.45) is 4.99 Å². The van der Waals surface area contributed by atoms with Gasteiger partial charge in [0.05, 0.1) is 18.9 Å². The number of nitrogens with zero attached hydrogens (tertiary/aromatic N) is 4. The summed E-state index contributed by atoms with van der Waals surface area (Å²) < 4.78 is 11.7. The van der Waals surface area contributed by atoms with Crippen molar-refractivity contribution < 1.29 is 14.3 Å². The molecule has 3 heterocycles. The largest absolute Gasteiger partial charge is 0.494 e. The Bertz CT molecular complexity index is 1540. The maximum atomic E-state index is 13.7. The number of carbonyl (C=O) groups excluding carboxylic acids is 1. The van der Waals surface area contributed by atoms with Crippen LogP contribution in [0.3, 0.4) is 0 Å². The van der Waals surface area contributed by atoms with E-state index in [1.807, 2.05) is 37.3 Å². The molecule has 7 heteroatoms. The van der Waals surface area contributed by atoms with Crippen LogP contribution in [-0.4, -0.2) is 43.1 Å². The number of carbonyl (C=O) groups is 1. The van der Waals surface area contributed by atoms with Crippen molar-refractivity contribution in [3.63, 3.8) is 0 Å². The Balaban J connectivity index is 1.23. The van der Waals surface area contributed by atoms with Crippen molar-refractivity contribution in [2.45, 2.75) is 51.9 Å². The Hall–Kier alpha value is -4.57. The Morgan fingerprint density at radius 3 is 2.48 bits per heavy atom. The molecular weight excluding hydrogens is 524 g/mol. The molecule has 6 rings (SSSR count). The number of anilines is 1. The van der Waals surface area contributed by atoms with Crippen LogP contribution in [0.2, 0.25) is 0 Å². The van der Waals surface area contributed by atoms with Gasteiger partial charge in [0.1, 0.15) is 5.75 Å². The van der Waals surface area contributed by atoms with Gasteiger partial charge in [0.15, 0.2) is 5.76 Å². The van der Waals surface area contributed by atoms with E-state index in [2.05, 4.69) is 39.0 Å². The van der Waals surface area contributed by atoms with E-state index in [0.717, 1.165) is 69.3 Å². The Morgan fingerprint density at radius 2 is 1.76 bits per heavy atom. The molecule has 1 saturated heterocycles. The standard InChI is InChI=1S/C35H36N4O3/c1-3-41-29-17-15-25(16-18-29)10-6-7-21-39-34(40)32(42-35(39)37-31-14-5-4-13-30(31)36-2)24-26-22-27-11-8-19-38-20-9-12-28(23-26)33(27)38/h4-5,13-18,22-24H,3,6-12,19-21H2,1H3. The summed E-state index contributed by atoms with van der Waals surface area (Å²) in [5, 5.41) is 0. The summed E-state index contributed by atoms with van der Waals surface area (Å²) in [4.78, 5) is 26.1. The Kier molecular flexibility index (Phi) is 8.23. The van der Waals surface area contributed by atoms with Gasteiger partial charge in [-0.2, -0.15) is 0 Å². The van der Waals surface area contributed by atoms with Crippen LogP contribution < -0.4 is 9.64 Å². The van der Waals surface area contributed by atoms with Gasteiger partial charge in [-0.3, -0.25) is 9.69 Å². The highest BCUT2D eigenvalue weighted by molar-refractivity contribution is 6.12. The predicted octanol–water partition coefficient (Wildman–Crippen LogP) is 7.25. The van der Waals surface area contributed by atoms with Crippen LogP contribution >= 0.6 is 0 Å². The monoisotopic (exact) mass is 560 g/mol. The summed E-state index contributed by atoms with van der Waals surface area (Å²) in [6.07, 6.45) is 8.90. The van der Waals surface area contributed by atoms with Gasteiger partial charge in [-0.05, 0) is 111 Å². The Labute approximate surface area is 247 Å². The number of aryl methyl sites for hydroxylation is 3. The number of para-hydroxylation sites is 2. The third-order valence-electron chi connectivity index (χ3n) is 8.09. The highest BCUT2D eigenvalue weighted by Gasteiger charge is 2.35. The molecule has 1 fully saturated rings. The molecule has 0 bridgehead atoms. The fourth-order valence-corrected chi connectivity index (χ4v) is 6.13. The number of unbranched alkanes of at least 4 members (excludes halogenated alkanes) is 1. The third kappa shape index (κ3) is 5.89. The summed E-state index contributed by atoms with van der Waals surface area (Å²) in [5.41, 5.74) is 7.28. The van der Waals surface area contributed by atoms with Crippen LogP contribution in [-0.2, 0) is 28.8 Å². The van der Waals surface area contributed by atoms with E-state index in [4.69, 9.17) is 16.0 Å². The summed E-state index contributed by atoms with van der Waals surface area (Å²) in [7, 11) is 0. The number of hydrogen-bond donors (Lipinski definition) is 0. The van der Waals surface area contributed by atoms with E-state index in [0.29, 0.717) is 24.5 Å². The smallest absolute Gasteiger partial charge is 0.304 e. The minimum atomic E-state index is -0.192. The first-order valence-corrected chi connectivity index (χ1v) is 15.0. The van der Waals surface area contributed by atoms with Crippen LogP contribution in [0, 0.1) is 6.57 Å². The lowest BCUT2D eigenvalue weighted by Gasteiger charge is -2.37. The van der Waals surface area contributed by atoms with Crippen molar-refractivity contribution in [3.05, 3.63) is 100 Å². The van der Waals surface area contributed by atoms with Gasteiger partial charge in [-0.1, -0.05) is 30.3 Å². The van der Waals surface area contributed by atoms with E-state index in [1.165, 1.54) is 22.4 Å². The van der Waals surface area contributed by atoms with Crippen LogP contribution in [0.4, 0.5) is 17.1 Å². The second-order valence-corrected chi connectivity index (χ2v) is 11.0. The molecule has 3 aromatic rings. The molecule has 0 unspecified atom stereocenters. The van der Waals surface area contributed by atoms with Crippen LogP contribution in [0.25, 0.3) is 10.9 Å². The summed E-state index contributed by atoms with van der Waals surface area (Å²) in [6.45, 7) is 12.9. The molecule has 3 aromatic carbocycles. The first-order valence-electron chi connectivity index (χ1n) is 15.0. The topological polar surface area (TPSA) is 58.7 Å². The van der Waals surface area contributed by atoms with Gasteiger partial charge < -0.3 is 14.4 Å². The first kappa shape index (κ1) is 27.6. The molecule has 0 aliphatic carbocycles. The molecule has 42 heavy (non-hydrogen) atoms. The zero-order valence-electron chi connectivity index (χ0n) is 24.1. The molecule has 0 atom stereocenters. The van der Waals surface area contributed by atoms with E-state index in [1.54, 1.807) is 17.0 Å². The number of benzene rings is 3. The second kappa shape index (κ2) is 12.5. The lowest BCUT2D eigenvalue weighted by Crippen LogP contribution is -2.34. The molecule has 0 saturated carbocycles. The third-order valence-corrected chi connectivity index (χ3v) is 8.09. The maximum absolute atomic E-state index is 13.7. The Morgan fingerprint density at radius 1 is 1.02 bits per heavy atom. The van der Waals surface area contributed by atoms with Gasteiger partial charge in [-0.15, -0.1) is 0 Å². The number of amides is 1. The molecule has 7 nitrogen and oxygen atoms in total. The lowest BCUT2D eigenvalue weighted by atomic mass is 9.90. The van der Waals surface area contributed by atoms with E-state index < -0.39 is 0 Å². The van der Waals surface area contributed by atoms with Crippen molar-refractivity contribution in [3.8, 4) is 5.75 Å². The summed E-state index contributed by atoms with van der Waals surface area (Å²) in [6, 6.07) is 20.0. The van der Waals surface area contributed by atoms with E-state index >= 15 is 0 Å². The average Bonchev–Trinajstić information content (AvgIpc) is 3.29. The molecule has 3 aliphatic heterocycles. The fraction of sp³-hybridized carbons (Fsp3) is 0.343. The van der Waals surface area contributed by atoms with Gasteiger partial charge in [0, 0.05) is 25.3 Å². The number of rotatable bonds is 9. The summed E-state index contributed by atoms with van der Waals surface area (Å²) >= 11 is 0. The van der Waals surface area contributed by atoms with Crippen LogP contribution in [0.1, 0.15) is 54.9 Å². The van der Waals surface area contributed by atoms with Gasteiger partial charge in [0.25, 0.3) is 5.91 Å². The fourth-order valence-electron chi connectivity index (χ4n) is 6.13.